The van der Waals surface area contributed by atoms with Crippen LogP contribution in [0.15, 0.2) is 194 Å². The average molecular weight is 755 g/mol. The molecule has 0 atom stereocenters. The van der Waals surface area contributed by atoms with Crippen molar-refractivity contribution in [2.24, 2.45) is 0 Å². The largest absolute Gasteiger partial charge is 0.248 e. The lowest BCUT2D eigenvalue weighted by Crippen LogP contribution is -2.14. The van der Waals surface area contributed by atoms with Crippen molar-refractivity contribution in [2.45, 2.75) is 19.3 Å². The molecule has 11 rings (SSSR count). The van der Waals surface area contributed by atoms with Gasteiger partial charge in [0.15, 0.2) is 17.5 Å². The van der Waals surface area contributed by atoms with Crippen molar-refractivity contribution in [3.63, 3.8) is 0 Å². The Bertz CT molecular complexity index is 3150. The Labute approximate surface area is 343 Å². The first-order chi connectivity index (χ1) is 29.0. The van der Waals surface area contributed by atoms with Gasteiger partial charge in [-0.15, -0.1) is 0 Å². The maximum atomic E-state index is 5.30. The first-order valence-corrected chi connectivity index (χ1v) is 20.1. The lowest BCUT2D eigenvalue weighted by atomic mass is 9.82. The van der Waals surface area contributed by atoms with E-state index in [4.69, 9.17) is 19.9 Å². The summed E-state index contributed by atoms with van der Waals surface area (Å²) in [5, 5.41) is 3.38. The molecule has 0 radical (unpaired) electrons. The van der Waals surface area contributed by atoms with E-state index in [0.717, 1.165) is 66.3 Å². The molecule has 59 heavy (non-hydrogen) atoms. The number of pyridine rings is 1. The minimum Gasteiger partial charge on any atom is -0.248 e. The van der Waals surface area contributed by atoms with Crippen LogP contribution < -0.4 is 0 Å². The topological polar surface area (TPSA) is 51.6 Å². The summed E-state index contributed by atoms with van der Waals surface area (Å²) in [6.45, 7) is 4.66. The summed E-state index contributed by atoms with van der Waals surface area (Å²) < 4.78 is 0. The highest BCUT2D eigenvalue weighted by Gasteiger charge is 2.35. The van der Waals surface area contributed by atoms with Crippen LogP contribution in [0.1, 0.15) is 25.0 Å². The molecule has 1 aliphatic carbocycles. The van der Waals surface area contributed by atoms with E-state index in [1.807, 2.05) is 60.7 Å². The van der Waals surface area contributed by atoms with Gasteiger partial charge >= 0.3 is 0 Å². The molecule has 0 spiro atoms. The molecule has 0 saturated carbocycles. The van der Waals surface area contributed by atoms with E-state index in [0.29, 0.717) is 17.5 Å². The average Bonchev–Trinajstić information content (AvgIpc) is 3.53. The smallest absolute Gasteiger partial charge is 0.164 e. The van der Waals surface area contributed by atoms with E-state index >= 15 is 0 Å². The fraction of sp³-hybridized carbons (Fsp3) is 0.0545. The van der Waals surface area contributed by atoms with E-state index in [-0.39, 0.29) is 5.41 Å². The molecule has 10 aromatic rings. The maximum absolute atomic E-state index is 5.30. The SMILES string of the molecule is CC1(C)c2ccccc2-c2cc3c(-c4ccc(-c5ccc(-c6nc(-c7ccccc7)nc(-c7ccccc7)n6)c6ccccc56)cc4)cc(-c4ccccc4)nc3cc21. The first kappa shape index (κ1) is 34.7. The first-order valence-electron chi connectivity index (χ1n) is 20.1. The second-order valence-corrected chi connectivity index (χ2v) is 15.8. The normalized spacial score (nSPS) is 12.7. The highest BCUT2D eigenvalue weighted by atomic mass is 15.0. The number of hydrogen-bond donors (Lipinski definition) is 0. The van der Waals surface area contributed by atoms with Crippen LogP contribution in [0.3, 0.4) is 0 Å². The van der Waals surface area contributed by atoms with Crippen molar-refractivity contribution in [2.75, 3.05) is 0 Å². The molecule has 4 nitrogen and oxygen atoms in total. The Morgan fingerprint density at radius 3 is 1.46 bits per heavy atom. The van der Waals surface area contributed by atoms with Crippen LogP contribution in [0.4, 0.5) is 0 Å². The molecule has 278 valence electrons. The van der Waals surface area contributed by atoms with Crippen LogP contribution in [0.2, 0.25) is 0 Å². The summed E-state index contributed by atoms with van der Waals surface area (Å²) in [4.78, 5) is 20.4. The molecule has 8 aromatic carbocycles. The van der Waals surface area contributed by atoms with Crippen molar-refractivity contribution in [1.29, 1.82) is 0 Å². The van der Waals surface area contributed by atoms with Gasteiger partial charge in [0, 0.05) is 33.1 Å². The van der Waals surface area contributed by atoms with Gasteiger partial charge in [0.25, 0.3) is 0 Å². The molecule has 2 heterocycles. The van der Waals surface area contributed by atoms with Crippen LogP contribution in [-0.4, -0.2) is 19.9 Å². The van der Waals surface area contributed by atoms with Crippen LogP contribution in [-0.2, 0) is 5.41 Å². The third-order valence-corrected chi connectivity index (χ3v) is 12.0. The van der Waals surface area contributed by atoms with E-state index in [1.165, 1.54) is 27.8 Å². The van der Waals surface area contributed by atoms with Crippen molar-refractivity contribution in [3.8, 4) is 78.8 Å². The summed E-state index contributed by atoms with van der Waals surface area (Å²) in [6, 6.07) is 68.5. The Balaban J connectivity index is 1.04. The van der Waals surface area contributed by atoms with Crippen LogP contribution in [0.5, 0.6) is 0 Å². The predicted molar refractivity (Wildman–Crippen MR) is 243 cm³/mol. The van der Waals surface area contributed by atoms with Gasteiger partial charge in [-0.2, -0.15) is 0 Å². The maximum Gasteiger partial charge on any atom is 0.164 e. The van der Waals surface area contributed by atoms with Gasteiger partial charge in [-0.05, 0) is 79.5 Å². The zero-order chi connectivity index (χ0) is 39.5. The van der Waals surface area contributed by atoms with Crippen molar-refractivity contribution >= 4 is 21.7 Å². The second-order valence-electron chi connectivity index (χ2n) is 15.8. The number of aromatic nitrogens is 4. The molecule has 0 saturated heterocycles. The van der Waals surface area contributed by atoms with Crippen molar-refractivity contribution < 1.29 is 0 Å². The number of hydrogen-bond acceptors (Lipinski definition) is 4. The summed E-state index contributed by atoms with van der Waals surface area (Å²) in [5.41, 5.74) is 15.7. The zero-order valence-electron chi connectivity index (χ0n) is 32.8. The minimum absolute atomic E-state index is 0.109. The zero-order valence-corrected chi connectivity index (χ0v) is 32.8. The minimum atomic E-state index is -0.109. The van der Waals surface area contributed by atoms with Crippen molar-refractivity contribution in [3.05, 3.63) is 205 Å². The van der Waals surface area contributed by atoms with E-state index in [2.05, 4.69) is 147 Å². The van der Waals surface area contributed by atoms with E-state index in [1.54, 1.807) is 0 Å². The van der Waals surface area contributed by atoms with Crippen molar-refractivity contribution in [1.82, 2.24) is 19.9 Å². The van der Waals surface area contributed by atoms with Gasteiger partial charge in [-0.25, -0.2) is 19.9 Å². The van der Waals surface area contributed by atoms with Gasteiger partial charge in [-0.1, -0.05) is 184 Å². The van der Waals surface area contributed by atoms with Crippen LogP contribution in [0.25, 0.3) is 100 Å². The molecule has 0 unspecified atom stereocenters. The van der Waals surface area contributed by atoms with Gasteiger partial charge in [0.1, 0.15) is 0 Å². The number of rotatable bonds is 6. The predicted octanol–water partition coefficient (Wildman–Crippen LogP) is 13.9. The third kappa shape index (κ3) is 5.92. The summed E-state index contributed by atoms with van der Waals surface area (Å²) in [7, 11) is 0. The number of benzene rings is 8. The summed E-state index contributed by atoms with van der Waals surface area (Å²) >= 11 is 0. The highest BCUT2D eigenvalue weighted by Crippen LogP contribution is 2.50. The molecule has 0 fully saturated rings. The number of fused-ring (bicyclic) bond motifs is 5. The fourth-order valence-electron chi connectivity index (χ4n) is 8.92. The Hall–Kier alpha value is -7.56. The van der Waals surface area contributed by atoms with Gasteiger partial charge in [0.05, 0.1) is 11.2 Å². The van der Waals surface area contributed by atoms with Gasteiger partial charge in [0.2, 0.25) is 0 Å². The quantitative estimate of drug-likeness (QED) is 0.170. The molecule has 0 amide bonds. The molecule has 4 heteroatoms. The summed E-state index contributed by atoms with van der Waals surface area (Å²) in [6.07, 6.45) is 0. The molecule has 2 aromatic heterocycles. The van der Waals surface area contributed by atoms with Gasteiger partial charge in [-0.3, -0.25) is 0 Å². The Morgan fingerprint density at radius 1 is 0.305 bits per heavy atom. The second kappa shape index (κ2) is 13.8. The monoisotopic (exact) mass is 754 g/mol. The molecule has 0 N–H and O–H groups in total. The number of nitrogens with zero attached hydrogens (tertiary/aromatic N) is 4. The van der Waals surface area contributed by atoms with E-state index < -0.39 is 0 Å². The molecule has 0 aliphatic heterocycles. The van der Waals surface area contributed by atoms with Crippen LogP contribution >= 0.6 is 0 Å². The molecule has 0 bridgehead atoms. The Kier molecular flexibility index (Phi) is 8.12. The molecular formula is C55H38N4. The highest BCUT2D eigenvalue weighted by molar-refractivity contribution is 6.05. The Morgan fingerprint density at radius 2 is 0.814 bits per heavy atom. The van der Waals surface area contributed by atoms with Gasteiger partial charge < -0.3 is 0 Å². The van der Waals surface area contributed by atoms with E-state index in [9.17, 15) is 0 Å². The lowest BCUT2D eigenvalue weighted by molar-refractivity contribution is 0.661. The lowest BCUT2D eigenvalue weighted by Gasteiger charge is -2.22. The summed E-state index contributed by atoms with van der Waals surface area (Å²) in [5.74, 6) is 1.94. The molecular weight excluding hydrogens is 717 g/mol. The molecule has 1 aliphatic rings. The standard InChI is InChI=1S/C55H38N4/c1-55(2)48-25-15-14-24-43(48)46-32-47-45(33-50(37-16-6-3-7-17-37)56-51(47)34-49(46)55)36-28-26-35(27-29-36)40-30-31-44(42-23-13-12-22-41(40)42)54-58-52(38-18-8-4-9-19-38)57-53(59-54)39-20-10-5-11-21-39/h3-34H,1-2H3. The third-order valence-electron chi connectivity index (χ3n) is 12.0. The van der Waals surface area contributed by atoms with Crippen LogP contribution in [0, 0.1) is 0 Å². The fourth-order valence-corrected chi connectivity index (χ4v) is 8.92.